The third-order valence-corrected chi connectivity index (χ3v) is 10.6. The molecule has 1 aliphatic carbocycles. The average Bonchev–Trinajstić information content (AvgIpc) is 3.60. The van der Waals surface area contributed by atoms with Crippen LogP contribution in [0, 0.1) is 0 Å². The van der Waals surface area contributed by atoms with E-state index in [4.69, 9.17) is 4.42 Å². The maximum atomic E-state index is 13.3. The minimum absolute atomic E-state index is 0.0138. The lowest BCUT2D eigenvalue weighted by molar-refractivity contribution is 0.659. The molecule has 4 nitrogen and oxygen atoms in total. The van der Waals surface area contributed by atoms with E-state index in [9.17, 15) is 4.79 Å². The van der Waals surface area contributed by atoms with Crippen molar-refractivity contribution in [2.24, 2.45) is 0 Å². The van der Waals surface area contributed by atoms with Crippen LogP contribution in [-0.4, -0.2) is 4.57 Å². The van der Waals surface area contributed by atoms with Crippen molar-refractivity contribution in [3.05, 3.63) is 179 Å². The van der Waals surface area contributed by atoms with Gasteiger partial charge in [0.05, 0.1) is 21.8 Å². The number of fused-ring (bicyclic) bond motifs is 8. The van der Waals surface area contributed by atoms with Crippen molar-refractivity contribution in [3.63, 3.8) is 0 Å². The average molecular weight is 645 g/mol. The molecule has 0 bridgehead atoms. The summed E-state index contributed by atoms with van der Waals surface area (Å²) < 4.78 is 8.55. The first-order chi connectivity index (χ1) is 24.5. The lowest BCUT2D eigenvalue weighted by atomic mass is 9.82. The zero-order valence-electron chi connectivity index (χ0n) is 27.7. The van der Waals surface area contributed by atoms with E-state index < -0.39 is 0 Å². The number of nitrogens with zero attached hydrogens (tertiary/aromatic N) is 2. The Balaban J connectivity index is 1.17. The second-order valence-electron chi connectivity index (χ2n) is 13.7. The molecule has 0 amide bonds. The van der Waals surface area contributed by atoms with Gasteiger partial charge in [0.15, 0.2) is 0 Å². The molecular formula is C46H32N2O2. The number of anilines is 3. The van der Waals surface area contributed by atoms with Crippen LogP contribution in [0.4, 0.5) is 17.1 Å². The third-order valence-electron chi connectivity index (χ3n) is 10.6. The number of hydrogen-bond acceptors (Lipinski definition) is 3. The molecule has 0 atom stereocenters. The molecule has 2 heterocycles. The minimum Gasteiger partial charge on any atom is -0.456 e. The highest BCUT2D eigenvalue weighted by molar-refractivity contribution is 6.11. The van der Waals surface area contributed by atoms with Gasteiger partial charge >= 0.3 is 0 Å². The van der Waals surface area contributed by atoms with Crippen molar-refractivity contribution in [3.8, 4) is 16.8 Å². The standard InChI is InChI=1S/C46H32N2O2/c1-46(2)39-17-9-6-14-33(39)34-23-20-31(27-40(34)46)47(29-12-4-3-5-13-29)30-22-25-42-38(26-30)35-15-7-10-18-41(35)48(42)32-21-24-37-44(28-32)50-43-19-11-8-16-36(43)45(37)49/h3-28H,1-2H3. The predicted octanol–water partition coefficient (Wildman–Crippen LogP) is 11.8. The molecule has 0 saturated heterocycles. The topological polar surface area (TPSA) is 38.4 Å². The Kier molecular flexibility index (Phi) is 6.04. The zero-order valence-corrected chi connectivity index (χ0v) is 27.7. The lowest BCUT2D eigenvalue weighted by Crippen LogP contribution is -2.16. The van der Waals surface area contributed by atoms with Crippen LogP contribution in [0.3, 0.4) is 0 Å². The van der Waals surface area contributed by atoms with Gasteiger partial charge in [-0.15, -0.1) is 0 Å². The van der Waals surface area contributed by atoms with Crippen molar-refractivity contribution in [1.82, 2.24) is 4.57 Å². The lowest BCUT2D eigenvalue weighted by Gasteiger charge is -2.28. The summed E-state index contributed by atoms with van der Waals surface area (Å²) in [6.45, 7) is 4.66. The van der Waals surface area contributed by atoms with Gasteiger partial charge in [0.25, 0.3) is 0 Å². The van der Waals surface area contributed by atoms with Crippen LogP contribution < -0.4 is 10.3 Å². The van der Waals surface area contributed by atoms with Crippen molar-refractivity contribution in [2.45, 2.75) is 19.3 Å². The Hall–Kier alpha value is -6.39. The van der Waals surface area contributed by atoms with Crippen LogP contribution in [0.15, 0.2) is 167 Å². The Morgan fingerprint density at radius 2 is 1.16 bits per heavy atom. The highest BCUT2D eigenvalue weighted by Crippen LogP contribution is 2.50. The van der Waals surface area contributed by atoms with Crippen molar-refractivity contribution < 1.29 is 4.42 Å². The molecule has 10 rings (SSSR count). The van der Waals surface area contributed by atoms with E-state index in [1.54, 1.807) is 0 Å². The van der Waals surface area contributed by atoms with Gasteiger partial charge in [0.1, 0.15) is 11.2 Å². The molecule has 0 aliphatic heterocycles. The van der Waals surface area contributed by atoms with Crippen LogP contribution in [0.2, 0.25) is 0 Å². The van der Waals surface area contributed by atoms with E-state index >= 15 is 0 Å². The maximum Gasteiger partial charge on any atom is 0.200 e. The fourth-order valence-electron chi connectivity index (χ4n) is 8.16. The minimum atomic E-state index is -0.104. The van der Waals surface area contributed by atoms with E-state index in [0.29, 0.717) is 21.9 Å². The Morgan fingerprint density at radius 1 is 0.500 bits per heavy atom. The van der Waals surface area contributed by atoms with Gasteiger partial charge in [-0.2, -0.15) is 0 Å². The van der Waals surface area contributed by atoms with Crippen LogP contribution >= 0.6 is 0 Å². The smallest absolute Gasteiger partial charge is 0.200 e. The summed E-state index contributed by atoms with van der Waals surface area (Å²) in [5.41, 5.74) is 12.8. The third kappa shape index (κ3) is 4.08. The van der Waals surface area contributed by atoms with E-state index in [1.807, 2.05) is 42.5 Å². The molecule has 4 heteroatoms. The van der Waals surface area contributed by atoms with Gasteiger partial charge in [-0.3, -0.25) is 4.79 Å². The molecule has 238 valence electrons. The number of aromatic nitrogens is 1. The summed E-state index contributed by atoms with van der Waals surface area (Å²) in [5.74, 6) is 0. The van der Waals surface area contributed by atoms with Crippen molar-refractivity contribution in [1.29, 1.82) is 0 Å². The largest absolute Gasteiger partial charge is 0.456 e. The van der Waals surface area contributed by atoms with E-state index in [0.717, 1.165) is 44.6 Å². The molecule has 1 aliphatic rings. The van der Waals surface area contributed by atoms with E-state index in [-0.39, 0.29) is 10.8 Å². The summed E-state index contributed by atoms with van der Waals surface area (Å²) in [6, 6.07) is 54.9. The van der Waals surface area contributed by atoms with Gasteiger partial charge in [-0.05, 0) is 95.1 Å². The summed E-state index contributed by atoms with van der Waals surface area (Å²) in [6.07, 6.45) is 0. The monoisotopic (exact) mass is 644 g/mol. The molecular weight excluding hydrogens is 613 g/mol. The first kappa shape index (κ1) is 28.6. The normalized spacial score (nSPS) is 13.2. The number of rotatable bonds is 4. The van der Waals surface area contributed by atoms with Crippen LogP contribution in [-0.2, 0) is 5.41 Å². The molecule has 50 heavy (non-hydrogen) atoms. The number of benzene rings is 7. The van der Waals surface area contributed by atoms with Crippen LogP contribution in [0.25, 0.3) is 60.6 Å². The van der Waals surface area contributed by atoms with E-state index in [1.165, 1.54) is 22.3 Å². The summed E-state index contributed by atoms with van der Waals surface area (Å²) >= 11 is 0. The van der Waals surface area contributed by atoms with Crippen molar-refractivity contribution >= 4 is 60.8 Å². The molecule has 0 fully saturated rings. The fourth-order valence-corrected chi connectivity index (χ4v) is 8.16. The Bertz CT molecular complexity index is 2880. The first-order valence-corrected chi connectivity index (χ1v) is 17.1. The van der Waals surface area contributed by atoms with Gasteiger partial charge < -0.3 is 13.9 Å². The van der Waals surface area contributed by atoms with Gasteiger partial charge in [-0.25, -0.2) is 0 Å². The van der Waals surface area contributed by atoms with Crippen LogP contribution in [0.5, 0.6) is 0 Å². The predicted molar refractivity (Wildman–Crippen MR) is 207 cm³/mol. The number of hydrogen-bond donors (Lipinski definition) is 0. The molecule has 9 aromatic rings. The Labute approximate surface area is 289 Å². The van der Waals surface area contributed by atoms with E-state index in [2.05, 4.69) is 139 Å². The molecule has 0 unspecified atom stereocenters. The number of para-hydroxylation sites is 3. The van der Waals surface area contributed by atoms with Crippen molar-refractivity contribution in [2.75, 3.05) is 4.90 Å². The molecule has 2 aromatic heterocycles. The molecule has 0 N–H and O–H groups in total. The van der Waals surface area contributed by atoms with Gasteiger partial charge in [0, 0.05) is 45.0 Å². The molecule has 0 spiro atoms. The summed E-state index contributed by atoms with van der Waals surface area (Å²) in [5, 5.41) is 3.47. The van der Waals surface area contributed by atoms with Crippen LogP contribution in [0.1, 0.15) is 25.0 Å². The molecule has 0 radical (unpaired) electrons. The zero-order chi connectivity index (χ0) is 33.6. The molecule has 7 aromatic carbocycles. The maximum absolute atomic E-state index is 13.3. The van der Waals surface area contributed by atoms with Gasteiger partial charge in [-0.1, -0.05) is 92.7 Å². The Morgan fingerprint density at radius 3 is 2.04 bits per heavy atom. The highest BCUT2D eigenvalue weighted by Gasteiger charge is 2.35. The second kappa shape index (κ2) is 10.6. The first-order valence-electron chi connectivity index (χ1n) is 17.1. The second-order valence-corrected chi connectivity index (χ2v) is 13.7. The molecule has 0 saturated carbocycles. The summed E-state index contributed by atoms with van der Waals surface area (Å²) in [4.78, 5) is 15.7. The SMILES string of the molecule is CC1(C)c2ccccc2-c2ccc(N(c3ccccc3)c3ccc4c(c3)c3ccccc3n4-c3ccc4c(=O)c5ccccc5oc4c3)cc21. The highest BCUT2D eigenvalue weighted by atomic mass is 16.3. The van der Waals surface area contributed by atoms with Gasteiger partial charge in [0.2, 0.25) is 5.43 Å². The summed E-state index contributed by atoms with van der Waals surface area (Å²) in [7, 11) is 0. The fraction of sp³-hybridized carbons (Fsp3) is 0.0652. The quantitative estimate of drug-likeness (QED) is 0.179.